The second-order valence-corrected chi connectivity index (χ2v) is 8.78. The van der Waals surface area contributed by atoms with Crippen molar-refractivity contribution in [1.29, 1.82) is 0 Å². The number of rotatable bonds is 4. The third kappa shape index (κ3) is 3.61. The molecule has 1 fully saturated rings. The first-order valence-electron chi connectivity index (χ1n) is 8.21. The summed E-state index contributed by atoms with van der Waals surface area (Å²) < 4.78 is 38.8. The number of nitrogens with one attached hydrogen (secondary N) is 1. The van der Waals surface area contributed by atoms with Crippen LogP contribution in [0.2, 0.25) is 0 Å². The van der Waals surface area contributed by atoms with Gasteiger partial charge < -0.3 is 9.88 Å². The molecule has 1 saturated heterocycles. The molecule has 1 atom stereocenters. The van der Waals surface area contributed by atoms with Gasteiger partial charge in [0.2, 0.25) is 0 Å². The maximum absolute atomic E-state index is 14.1. The van der Waals surface area contributed by atoms with E-state index >= 15 is 0 Å². The molecule has 2 aromatic rings. The topological polar surface area (TPSA) is 68.2 Å². The highest BCUT2D eigenvalue weighted by molar-refractivity contribution is 7.91. The molecule has 3 rings (SSSR count). The Labute approximate surface area is 146 Å². The first-order chi connectivity index (χ1) is 11.8. The van der Waals surface area contributed by atoms with E-state index in [1.165, 1.54) is 6.07 Å². The van der Waals surface area contributed by atoms with Crippen LogP contribution in [-0.4, -0.2) is 36.9 Å². The number of aryl methyl sites for hydroxylation is 1. The van der Waals surface area contributed by atoms with Crippen molar-refractivity contribution in [2.45, 2.75) is 20.3 Å². The first kappa shape index (κ1) is 17.7. The van der Waals surface area contributed by atoms with E-state index in [0.29, 0.717) is 29.9 Å². The monoisotopic (exact) mass is 364 g/mol. The normalized spacial score (nSPS) is 19.1. The van der Waals surface area contributed by atoms with Crippen molar-refractivity contribution in [1.82, 2.24) is 9.88 Å². The van der Waals surface area contributed by atoms with Crippen LogP contribution in [0.3, 0.4) is 0 Å². The Bertz CT molecular complexity index is 918. The molecule has 2 heterocycles. The van der Waals surface area contributed by atoms with Crippen LogP contribution in [0.5, 0.6) is 0 Å². The number of sulfone groups is 1. The van der Waals surface area contributed by atoms with Crippen LogP contribution < -0.4 is 5.32 Å². The molecule has 0 spiro atoms. The number of carbonyl (C=O) groups excluding carboxylic acids is 1. The van der Waals surface area contributed by atoms with Gasteiger partial charge in [-0.2, -0.15) is 0 Å². The second-order valence-electron chi connectivity index (χ2n) is 6.55. The SMILES string of the molecule is Cc1cc(C(=O)NCC2CCS(=O)(=O)C2)c(C)n1-c1ccccc1F. The number of para-hydroxylation sites is 1. The molecule has 0 saturated carbocycles. The average molecular weight is 364 g/mol. The zero-order chi connectivity index (χ0) is 18.2. The molecule has 5 nitrogen and oxygen atoms in total. The molecule has 1 aliphatic rings. The predicted molar refractivity (Wildman–Crippen MR) is 94.3 cm³/mol. The highest BCUT2D eigenvalue weighted by atomic mass is 32.2. The molecule has 0 radical (unpaired) electrons. The Morgan fingerprint density at radius 2 is 2.04 bits per heavy atom. The number of nitrogens with zero attached hydrogens (tertiary/aromatic N) is 1. The van der Waals surface area contributed by atoms with Crippen molar-refractivity contribution in [3.05, 3.63) is 53.1 Å². The number of carbonyl (C=O) groups is 1. The number of halogens is 1. The summed E-state index contributed by atoms with van der Waals surface area (Å²) in [5.74, 6) is -0.340. The molecule has 1 aliphatic heterocycles. The molecule has 1 aromatic carbocycles. The van der Waals surface area contributed by atoms with Crippen LogP contribution in [0.1, 0.15) is 28.2 Å². The summed E-state index contributed by atoms with van der Waals surface area (Å²) in [5, 5.41) is 2.82. The van der Waals surface area contributed by atoms with Gasteiger partial charge >= 0.3 is 0 Å². The van der Waals surface area contributed by atoms with Gasteiger partial charge in [-0.25, -0.2) is 12.8 Å². The molecule has 25 heavy (non-hydrogen) atoms. The van der Waals surface area contributed by atoms with Crippen molar-refractivity contribution in [2.75, 3.05) is 18.1 Å². The Morgan fingerprint density at radius 3 is 2.68 bits per heavy atom. The average Bonchev–Trinajstić information content (AvgIpc) is 3.05. The summed E-state index contributed by atoms with van der Waals surface area (Å²) in [6.45, 7) is 3.93. The zero-order valence-corrected chi connectivity index (χ0v) is 15.1. The molecule has 1 N–H and O–H groups in total. The van der Waals surface area contributed by atoms with E-state index in [0.717, 1.165) is 5.69 Å². The summed E-state index contributed by atoms with van der Waals surface area (Å²) in [6, 6.07) is 8.14. The molecule has 0 bridgehead atoms. The highest BCUT2D eigenvalue weighted by Gasteiger charge is 2.28. The minimum Gasteiger partial charge on any atom is -0.352 e. The summed E-state index contributed by atoms with van der Waals surface area (Å²) >= 11 is 0. The molecule has 0 aliphatic carbocycles. The lowest BCUT2D eigenvalue weighted by atomic mass is 10.1. The Kier molecular flexibility index (Phi) is 4.69. The molecular formula is C18H21FN2O3S. The highest BCUT2D eigenvalue weighted by Crippen LogP contribution is 2.23. The smallest absolute Gasteiger partial charge is 0.253 e. The molecular weight excluding hydrogens is 343 g/mol. The van der Waals surface area contributed by atoms with Gasteiger partial charge in [-0.05, 0) is 44.4 Å². The van der Waals surface area contributed by atoms with E-state index in [4.69, 9.17) is 0 Å². The van der Waals surface area contributed by atoms with Crippen LogP contribution in [0.15, 0.2) is 30.3 Å². The summed E-state index contributed by atoms with van der Waals surface area (Å²) in [6.07, 6.45) is 0.580. The third-order valence-electron chi connectivity index (χ3n) is 4.65. The fraction of sp³-hybridized carbons (Fsp3) is 0.389. The van der Waals surface area contributed by atoms with Crippen molar-refractivity contribution < 1.29 is 17.6 Å². The number of benzene rings is 1. The zero-order valence-electron chi connectivity index (χ0n) is 14.3. The lowest BCUT2D eigenvalue weighted by molar-refractivity contribution is 0.0948. The lowest BCUT2D eigenvalue weighted by Crippen LogP contribution is -2.30. The minimum absolute atomic E-state index is 0.0380. The Morgan fingerprint density at radius 1 is 1.32 bits per heavy atom. The largest absolute Gasteiger partial charge is 0.352 e. The third-order valence-corrected chi connectivity index (χ3v) is 6.48. The number of hydrogen-bond acceptors (Lipinski definition) is 3. The molecule has 1 amide bonds. The van der Waals surface area contributed by atoms with Gasteiger partial charge in [-0.15, -0.1) is 0 Å². The summed E-state index contributed by atoms with van der Waals surface area (Å²) in [5.41, 5.74) is 2.29. The van der Waals surface area contributed by atoms with Gasteiger partial charge in [0.15, 0.2) is 9.84 Å². The fourth-order valence-electron chi connectivity index (χ4n) is 3.36. The maximum Gasteiger partial charge on any atom is 0.253 e. The summed E-state index contributed by atoms with van der Waals surface area (Å²) in [4.78, 5) is 12.5. The number of aromatic nitrogens is 1. The van der Waals surface area contributed by atoms with Crippen molar-refractivity contribution in [3.63, 3.8) is 0 Å². The van der Waals surface area contributed by atoms with E-state index in [1.54, 1.807) is 35.8 Å². The van der Waals surface area contributed by atoms with Crippen LogP contribution in [-0.2, 0) is 9.84 Å². The Hall–Kier alpha value is -2.15. The number of amides is 1. The molecule has 134 valence electrons. The fourth-order valence-corrected chi connectivity index (χ4v) is 5.22. The van der Waals surface area contributed by atoms with Crippen molar-refractivity contribution in [3.8, 4) is 5.69 Å². The Balaban J connectivity index is 1.78. The van der Waals surface area contributed by atoms with Gasteiger partial charge in [-0.3, -0.25) is 4.79 Å². The maximum atomic E-state index is 14.1. The number of hydrogen-bond donors (Lipinski definition) is 1. The van der Waals surface area contributed by atoms with Gasteiger partial charge in [0, 0.05) is 17.9 Å². The molecule has 1 aromatic heterocycles. The van der Waals surface area contributed by atoms with Gasteiger partial charge in [-0.1, -0.05) is 12.1 Å². The first-order valence-corrected chi connectivity index (χ1v) is 10.0. The van der Waals surface area contributed by atoms with E-state index in [9.17, 15) is 17.6 Å². The van der Waals surface area contributed by atoms with Crippen LogP contribution in [0.25, 0.3) is 5.69 Å². The van der Waals surface area contributed by atoms with E-state index in [2.05, 4.69) is 5.32 Å². The van der Waals surface area contributed by atoms with Crippen molar-refractivity contribution >= 4 is 15.7 Å². The van der Waals surface area contributed by atoms with Crippen molar-refractivity contribution in [2.24, 2.45) is 5.92 Å². The standard InChI is InChI=1S/C18H21FN2O3S/c1-12-9-15(13(2)21(12)17-6-4-3-5-16(17)19)18(22)20-10-14-7-8-25(23,24)11-14/h3-6,9,14H,7-8,10-11H2,1-2H3,(H,20,22). The second kappa shape index (κ2) is 6.63. The van der Waals surface area contributed by atoms with Gasteiger partial charge in [0.1, 0.15) is 5.82 Å². The van der Waals surface area contributed by atoms with E-state index < -0.39 is 9.84 Å². The van der Waals surface area contributed by atoms with Gasteiger partial charge in [0.25, 0.3) is 5.91 Å². The van der Waals surface area contributed by atoms with Crippen LogP contribution in [0.4, 0.5) is 4.39 Å². The predicted octanol–water partition coefficient (Wildman–Crippen LogP) is 2.40. The van der Waals surface area contributed by atoms with Gasteiger partial charge in [0.05, 0.1) is 22.8 Å². The minimum atomic E-state index is -2.96. The lowest BCUT2D eigenvalue weighted by Gasteiger charge is -2.12. The van der Waals surface area contributed by atoms with E-state index in [-0.39, 0.29) is 29.1 Å². The summed E-state index contributed by atoms with van der Waals surface area (Å²) in [7, 11) is -2.96. The molecule has 1 unspecified atom stereocenters. The van der Waals surface area contributed by atoms with Crippen LogP contribution in [0, 0.1) is 25.6 Å². The van der Waals surface area contributed by atoms with Crippen LogP contribution >= 0.6 is 0 Å². The quantitative estimate of drug-likeness (QED) is 0.906. The van der Waals surface area contributed by atoms with E-state index in [1.807, 2.05) is 6.92 Å². The molecule has 7 heteroatoms.